The van der Waals surface area contributed by atoms with Crippen molar-refractivity contribution >= 4 is 22.9 Å². The molecule has 0 saturated heterocycles. The Morgan fingerprint density at radius 1 is 1.38 bits per heavy atom. The van der Waals surface area contributed by atoms with Crippen molar-refractivity contribution < 1.29 is 0 Å². The first-order valence-electron chi connectivity index (χ1n) is 6.69. The number of imidazole rings is 1. The summed E-state index contributed by atoms with van der Waals surface area (Å²) in [7, 11) is 0. The highest BCUT2D eigenvalue weighted by molar-refractivity contribution is 7.98. The fourth-order valence-electron chi connectivity index (χ4n) is 2.21. The number of H-pyrrole nitrogens is 1. The van der Waals surface area contributed by atoms with Crippen LogP contribution < -0.4 is 5.69 Å². The highest BCUT2D eigenvalue weighted by Gasteiger charge is 2.15. The monoisotopic (exact) mass is 301 g/mol. The van der Waals surface area contributed by atoms with Crippen molar-refractivity contribution in [3.05, 3.63) is 35.0 Å². The van der Waals surface area contributed by atoms with E-state index in [1.807, 2.05) is 25.3 Å². The Hall–Kier alpha value is -2.15. The van der Waals surface area contributed by atoms with Crippen LogP contribution in [0.2, 0.25) is 0 Å². The lowest BCUT2D eigenvalue weighted by Crippen LogP contribution is -2.24. The number of aromatic nitrogens is 5. The summed E-state index contributed by atoms with van der Waals surface area (Å²) >= 11 is 1.44. The first kappa shape index (κ1) is 13.8. The van der Waals surface area contributed by atoms with E-state index >= 15 is 0 Å². The maximum atomic E-state index is 12.1. The van der Waals surface area contributed by atoms with Crippen molar-refractivity contribution in [2.24, 2.45) is 0 Å². The van der Waals surface area contributed by atoms with Gasteiger partial charge in [-0.05, 0) is 24.8 Å². The molecule has 0 unspecified atom stereocenters. The smallest absolute Gasteiger partial charge is 0.334 e. The Labute approximate surface area is 125 Å². The number of rotatable bonds is 4. The van der Waals surface area contributed by atoms with Crippen LogP contribution in [0.4, 0.5) is 0 Å². The maximum Gasteiger partial charge on any atom is 0.350 e. The highest BCUT2D eigenvalue weighted by atomic mass is 32.2. The third-order valence-electron chi connectivity index (χ3n) is 3.16. The van der Waals surface area contributed by atoms with Crippen LogP contribution in [-0.2, 0) is 6.54 Å². The lowest BCUT2D eigenvalue weighted by atomic mass is 10.3. The summed E-state index contributed by atoms with van der Waals surface area (Å²) in [6.45, 7) is 2.63. The van der Waals surface area contributed by atoms with Gasteiger partial charge < -0.3 is 4.98 Å². The number of thioether (sulfide) groups is 1. The minimum absolute atomic E-state index is 0.252. The topological polar surface area (TPSA) is 76.5 Å². The normalized spacial score (nSPS) is 11.1. The van der Waals surface area contributed by atoms with E-state index in [1.54, 1.807) is 17.0 Å². The molecule has 0 bridgehead atoms. The van der Waals surface area contributed by atoms with Crippen molar-refractivity contribution in [3.8, 4) is 11.4 Å². The highest BCUT2D eigenvalue weighted by Crippen LogP contribution is 2.24. The summed E-state index contributed by atoms with van der Waals surface area (Å²) < 4.78 is 1.62. The lowest BCUT2D eigenvalue weighted by Gasteiger charge is -2.05. The Kier molecular flexibility index (Phi) is 3.74. The molecular weight excluding hydrogens is 286 g/mol. The molecule has 0 aromatic carbocycles. The number of nitrogens with zero attached hydrogens (tertiary/aromatic N) is 4. The molecule has 7 heteroatoms. The Morgan fingerprint density at radius 2 is 2.24 bits per heavy atom. The van der Waals surface area contributed by atoms with Crippen LogP contribution in [0.25, 0.3) is 22.6 Å². The van der Waals surface area contributed by atoms with Gasteiger partial charge in [0.05, 0.1) is 0 Å². The summed E-state index contributed by atoms with van der Waals surface area (Å²) in [4.78, 5) is 28.2. The standard InChI is InChI=1S/C14H15N5OS/c1-3-7-19-12-10(13(21-2)18-14(19)20)16-11(17-12)9-5-4-6-15-8-9/h4-6,8H,3,7H2,1-2H3,(H,16,17). The predicted octanol–water partition coefficient (Wildman–Crippen LogP) is 2.31. The number of aromatic amines is 1. The van der Waals surface area contributed by atoms with Crippen LogP contribution in [0, 0.1) is 0 Å². The molecule has 1 N–H and O–H groups in total. The Balaban J connectivity index is 2.28. The van der Waals surface area contributed by atoms with Gasteiger partial charge in [0, 0.05) is 24.5 Å². The van der Waals surface area contributed by atoms with Crippen molar-refractivity contribution in [3.63, 3.8) is 0 Å². The van der Waals surface area contributed by atoms with Crippen LogP contribution >= 0.6 is 11.8 Å². The van der Waals surface area contributed by atoms with E-state index in [1.165, 1.54) is 11.8 Å². The molecule has 3 heterocycles. The van der Waals surface area contributed by atoms with Gasteiger partial charge in [-0.25, -0.2) is 9.78 Å². The first-order valence-corrected chi connectivity index (χ1v) is 7.92. The van der Waals surface area contributed by atoms with Crippen LogP contribution in [0.1, 0.15) is 13.3 Å². The van der Waals surface area contributed by atoms with Crippen LogP contribution in [-0.4, -0.2) is 30.8 Å². The minimum Gasteiger partial charge on any atom is -0.334 e. The summed E-state index contributed by atoms with van der Waals surface area (Å²) in [5.74, 6) is 0.700. The van der Waals surface area contributed by atoms with Gasteiger partial charge in [-0.15, -0.1) is 11.8 Å². The molecule has 108 valence electrons. The van der Waals surface area contributed by atoms with Gasteiger partial charge in [0.1, 0.15) is 16.4 Å². The molecule has 21 heavy (non-hydrogen) atoms. The lowest BCUT2D eigenvalue weighted by molar-refractivity contribution is 0.648. The van der Waals surface area contributed by atoms with Crippen LogP contribution in [0.5, 0.6) is 0 Å². The van der Waals surface area contributed by atoms with Gasteiger partial charge in [0.2, 0.25) is 0 Å². The molecule has 0 radical (unpaired) electrons. The van der Waals surface area contributed by atoms with Gasteiger partial charge in [-0.2, -0.15) is 4.98 Å². The molecule has 3 rings (SSSR count). The molecule has 0 aliphatic heterocycles. The predicted molar refractivity (Wildman–Crippen MR) is 83.5 cm³/mol. The number of hydrogen-bond acceptors (Lipinski definition) is 5. The van der Waals surface area contributed by atoms with E-state index in [2.05, 4.69) is 19.9 Å². The van der Waals surface area contributed by atoms with Crippen molar-refractivity contribution in [1.29, 1.82) is 0 Å². The zero-order valence-electron chi connectivity index (χ0n) is 11.8. The summed E-state index contributed by atoms with van der Waals surface area (Å²) in [6, 6.07) is 3.79. The van der Waals surface area contributed by atoms with Crippen molar-refractivity contribution in [1.82, 2.24) is 24.5 Å². The molecule has 0 saturated carbocycles. The van der Waals surface area contributed by atoms with E-state index in [-0.39, 0.29) is 5.69 Å². The molecular formula is C14H15N5OS. The first-order chi connectivity index (χ1) is 10.2. The quantitative estimate of drug-likeness (QED) is 0.591. The number of fused-ring (bicyclic) bond motifs is 1. The largest absolute Gasteiger partial charge is 0.350 e. The second kappa shape index (κ2) is 5.69. The Morgan fingerprint density at radius 3 is 2.90 bits per heavy atom. The van der Waals surface area contributed by atoms with Gasteiger partial charge in [0.25, 0.3) is 0 Å². The minimum atomic E-state index is -0.252. The van der Waals surface area contributed by atoms with E-state index in [0.717, 1.165) is 17.5 Å². The third-order valence-corrected chi connectivity index (χ3v) is 3.84. The van der Waals surface area contributed by atoms with E-state index in [4.69, 9.17) is 0 Å². The fraction of sp³-hybridized carbons (Fsp3) is 0.286. The summed E-state index contributed by atoms with van der Waals surface area (Å²) in [5, 5.41) is 0.671. The van der Waals surface area contributed by atoms with Crippen LogP contribution in [0.15, 0.2) is 34.3 Å². The van der Waals surface area contributed by atoms with Gasteiger partial charge in [0.15, 0.2) is 5.65 Å². The number of nitrogens with one attached hydrogen (secondary N) is 1. The van der Waals surface area contributed by atoms with Gasteiger partial charge in [-0.1, -0.05) is 6.92 Å². The SMILES string of the molecule is CCCn1c(=O)nc(SC)c2[nH]c(-c3cccnc3)nc21. The molecule has 3 aromatic rings. The van der Waals surface area contributed by atoms with Gasteiger partial charge in [-0.3, -0.25) is 9.55 Å². The molecule has 0 amide bonds. The van der Waals surface area contributed by atoms with Crippen molar-refractivity contribution in [2.45, 2.75) is 24.9 Å². The zero-order valence-corrected chi connectivity index (χ0v) is 12.6. The molecule has 0 atom stereocenters. The summed E-state index contributed by atoms with van der Waals surface area (Å²) in [6.07, 6.45) is 6.21. The molecule has 6 nitrogen and oxygen atoms in total. The molecule has 0 aliphatic carbocycles. The van der Waals surface area contributed by atoms with Crippen molar-refractivity contribution in [2.75, 3.05) is 6.26 Å². The average molecular weight is 301 g/mol. The maximum absolute atomic E-state index is 12.1. The Bertz CT molecular complexity index is 824. The van der Waals surface area contributed by atoms with E-state index in [0.29, 0.717) is 23.0 Å². The van der Waals surface area contributed by atoms with E-state index in [9.17, 15) is 4.79 Å². The molecule has 0 spiro atoms. The second-order valence-corrected chi connectivity index (χ2v) is 5.38. The fourth-order valence-corrected chi connectivity index (χ4v) is 2.73. The second-order valence-electron chi connectivity index (χ2n) is 4.58. The summed E-state index contributed by atoms with van der Waals surface area (Å²) in [5.41, 5.74) is 2.09. The average Bonchev–Trinajstić information content (AvgIpc) is 2.96. The number of hydrogen-bond donors (Lipinski definition) is 1. The molecule has 3 aromatic heterocycles. The third kappa shape index (κ3) is 2.44. The van der Waals surface area contributed by atoms with Crippen LogP contribution in [0.3, 0.4) is 0 Å². The zero-order chi connectivity index (χ0) is 14.8. The van der Waals surface area contributed by atoms with Gasteiger partial charge >= 0.3 is 5.69 Å². The van der Waals surface area contributed by atoms with E-state index < -0.39 is 0 Å². The molecule has 0 fully saturated rings. The number of pyridine rings is 1. The molecule has 0 aliphatic rings. The number of aryl methyl sites for hydroxylation is 1.